The predicted octanol–water partition coefficient (Wildman–Crippen LogP) is 2.84. The van der Waals surface area contributed by atoms with Gasteiger partial charge in [-0.15, -0.1) is 11.8 Å². The van der Waals surface area contributed by atoms with Gasteiger partial charge in [-0.25, -0.2) is 4.79 Å². The first-order chi connectivity index (χ1) is 12.5. The maximum Gasteiger partial charge on any atom is 0.329 e. The molecule has 0 amide bonds. The second-order valence-corrected chi connectivity index (χ2v) is 7.08. The summed E-state index contributed by atoms with van der Waals surface area (Å²) in [6, 6.07) is 9.16. The van der Waals surface area contributed by atoms with Gasteiger partial charge < -0.3 is 15.2 Å². The number of rotatable bonds is 7. The molecule has 2 atom stereocenters. The van der Waals surface area contributed by atoms with Gasteiger partial charge in [-0.1, -0.05) is 6.07 Å². The van der Waals surface area contributed by atoms with Gasteiger partial charge in [-0.05, 0) is 57.1 Å². The molecule has 1 aliphatic heterocycles. The largest absolute Gasteiger partial charge is 0.494 e. The fourth-order valence-corrected chi connectivity index (χ4v) is 3.19. The summed E-state index contributed by atoms with van der Waals surface area (Å²) in [6.45, 7) is 4.73. The van der Waals surface area contributed by atoms with Gasteiger partial charge in [0, 0.05) is 18.0 Å². The molecule has 2 rings (SSSR count). The molecule has 1 aromatic rings. The van der Waals surface area contributed by atoms with Gasteiger partial charge in [0.2, 0.25) is 0 Å². The normalized spacial score (nSPS) is 17.2. The molecule has 0 bridgehead atoms. The van der Waals surface area contributed by atoms with E-state index < -0.39 is 12.0 Å². The van der Waals surface area contributed by atoms with Crippen LogP contribution in [-0.2, 0) is 4.79 Å². The van der Waals surface area contributed by atoms with E-state index in [1.165, 1.54) is 11.8 Å². The summed E-state index contributed by atoms with van der Waals surface area (Å²) in [6.07, 6.45) is 2.59. The van der Waals surface area contributed by atoms with Crippen molar-refractivity contribution in [2.24, 2.45) is 4.99 Å². The van der Waals surface area contributed by atoms with E-state index in [0.717, 1.165) is 17.7 Å². The summed E-state index contributed by atoms with van der Waals surface area (Å²) in [7, 11) is 1.94. The predicted molar refractivity (Wildman–Crippen MR) is 106 cm³/mol. The lowest BCUT2D eigenvalue weighted by molar-refractivity contribution is -0.137. The Labute approximate surface area is 158 Å². The number of aliphatic imine (C=N–C) groups is 1. The Hall–Kier alpha value is -2.12. The van der Waals surface area contributed by atoms with Gasteiger partial charge in [0.25, 0.3) is 0 Å². The zero-order valence-corrected chi connectivity index (χ0v) is 16.1. The first-order valence-corrected chi connectivity index (χ1v) is 9.53. The fourth-order valence-electron chi connectivity index (χ4n) is 2.19. The minimum absolute atomic E-state index is 0.405. The number of nitrogens with zero attached hydrogens (tertiary/aromatic N) is 2. The van der Waals surface area contributed by atoms with Crippen molar-refractivity contribution in [3.63, 3.8) is 0 Å². The van der Waals surface area contributed by atoms with Gasteiger partial charge in [0.1, 0.15) is 10.8 Å². The molecular weight excluding hydrogens is 350 g/mol. The SMILES string of the molecule is CNC(C)CCOc1cccnc(C2=NC(C(=O)O)CS2)ccc(C)c1. The average molecular weight is 375 g/mol. The van der Waals surface area contributed by atoms with E-state index in [2.05, 4.69) is 22.2 Å². The Morgan fingerprint density at radius 1 is 1.46 bits per heavy atom. The third kappa shape index (κ3) is 6.31. The van der Waals surface area contributed by atoms with E-state index in [9.17, 15) is 4.79 Å². The second-order valence-electron chi connectivity index (χ2n) is 6.07. The van der Waals surface area contributed by atoms with Crippen LogP contribution in [0.5, 0.6) is 5.75 Å². The molecule has 0 fully saturated rings. The Bertz CT molecular complexity index is 723. The minimum Gasteiger partial charge on any atom is -0.494 e. The molecule has 6 nitrogen and oxygen atoms in total. The highest BCUT2D eigenvalue weighted by Gasteiger charge is 2.25. The number of carbonyl (C=O) groups is 1. The lowest BCUT2D eigenvalue weighted by Gasteiger charge is -2.10. The molecule has 140 valence electrons. The van der Waals surface area contributed by atoms with Crippen molar-refractivity contribution in [1.29, 1.82) is 0 Å². The van der Waals surface area contributed by atoms with Gasteiger partial charge in [-0.2, -0.15) is 0 Å². The highest BCUT2D eigenvalue weighted by atomic mass is 32.2. The summed E-state index contributed by atoms with van der Waals surface area (Å²) in [5, 5.41) is 12.9. The molecular formula is C19H25N3O3S. The molecule has 26 heavy (non-hydrogen) atoms. The topological polar surface area (TPSA) is 83.8 Å². The Balaban J connectivity index is 2.19. The number of hydrogen-bond acceptors (Lipinski definition) is 6. The molecule has 0 radical (unpaired) electrons. The van der Waals surface area contributed by atoms with Gasteiger partial charge in [0.15, 0.2) is 6.04 Å². The summed E-state index contributed by atoms with van der Waals surface area (Å²) < 4.78 is 5.84. The highest BCUT2D eigenvalue weighted by Crippen LogP contribution is 2.22. The fraction of sp³-hybridized carbons (Fsp3) is 0.421. The molecule has 0 saturated carbocycles. The van der Waals surface area contributed by atoms with Crippen LogP contribution in [0.3, 0.4) is 0 Å². The van der Waals surface area contributed by atoms with E-state index in [0.29, 0.717) is 29.1 Å². The van der Waals surface area contributed by atoms with Crippen LogP contribution in [0.2, 0.25) is 0 Å². The number of carboxylic acid groups (broad SMARTS) is 1. The van der Waals surface area contributed by atoms with E-state index in [1.807, 2.05) is 44.3 Å². The lowest BCUT2D eigenvalue weighted by atomic mass is 10.2. The number of aromatic nitrogens is 1. The molecule has 0 spiro atoms. The number of nitrogens with one attached hydrogen (secondary N) is 1. The lowest BCUT2D eigenvalue weighted by Crippen LogP contribution is -2.23. The van der Waals surface area contributed by atoms with Crippen molar-refractivity contribution in [3.8, 4) is 5.75 Å². The summed E-state index contributed by atoms with van der Waals surface area (Å²) >= 11 is 1.42. The van der Waals surface area contributed by atoms with Gasteiger partial charge in [0.05, 0.1) is 12.3 Å². The number of ether oxygens (including phenoxy) is 1. The standard InChI is InChI=1S/C19H25N3O3S/c1-13-6-7-16(18-22-17(12-26-18)19(23)24)21-9-4-5-15(11-13)25-10-8-14(2)20-3/h4-7,9,11,14,17,20H,8,10,12H2,1-3H3,(H,23,24). The van der Waals surface area contributed by atoms with Crippen LogP contribution in [-0.4, -0.2) is 52.6 Å². The molecule has 0 aromatic carbocycles. The van der Waals surface area contributed by atoms with E-state index >= 15 is 0 Å². The number of aliphatic carboxylic acids is 1. The van der Waals surface area contributed by atoms with Crippen molar-refractivity contribution < 1.29 is 14.6 Å². The smallest absolute Gasteiger partial charge is 0.329 e. The number of aryl methyl sites for hydroxylation is 1. The molecule has 7 heteroatoms. The van der Waals surface area contributed by atoms with Crippen LogP contribution in [0.4, 0.5) is 0 Å². The number of hydrogen-bond donors (Lipinski definition) is 2. The van der Waals surface area contributed by atoms with Crippen LogP contribution >= 0.6 is 11.8 Å². The minimum atomic E-state index is -0.902. The Morgan fingerprint density at radius 2 is 2.27 bits per heavy atom. The molecule has 1 aliphatic rings. The highest BCUT2D eigenvalue weighted by molar-refractivity contribution is 8.14. The van der Waals surface area contributed by atoms with Crippen LogP contribution in [0.1, 0.15) is 24.6 Å². The third-order valence-corrected chi connectivity index (χ3v) is 4.97. The molecule has 0 saturated heterocycles. The molecule has 0 aliphatic carbocycles. The van der Waals surface area contributed by atoms with Crippen molar-refractivity contribution >= 4 is 22.8 Å². The van der Waals surface area contributed by atoms with Gasteiger partial charge in [-0.3, -0.25) is 9.98 Å². The average Bonchev–Trinajstić information content (AvgIpc) is 3.10. The molecule has 1 aromatic heterocycles. The van der Waals surface area contributed by atoms with Crippen molar-refractivity contribution in [3.05, 3.63) is 47.8 Å². The third-order valence-electron chi connectivity index (χ3n) is 3.90. The maximum atomic E-state index is 11.1. The monoisotopic (exact) mass is 375 g/mol. The quantitative estimate of drug-likeness (QED) is 0.762. The van der Waals surface area contributed by atoms with E-state index in [1.54, 1.807) is 6.20 Å². The number of carboxylic acids is 1. The van der Waals surface area contributed by atoms with Crippen LogP contribution in [0, 0.1) is 6.92 Å². The van der Waals surface area contributed by atoms with Crippen molar-refractivity contribution in [2.75, 3.05) is 19.4 Å². The second kappa shape index (κ2) is 10.1. The first-order valence-electron chi connectivity index (χ1n) is 8.54. The van der Waals surface area contributed by atoms with E-state index in [-0.39, 0.29) is 0 Å². The molecule has 2 heterocycles. The van der Waals surface area contributed by atoms with Crippen molar-refractivity contribution in [1.82, 2.24) is 10.3 Å². The Kier molecular flexibility index (Phi) is 7.87. The van der Waals surface area contributed by atoms with Gasteiger partial charge >= 0.3 is 5.97 Å². The Morgan fingerprint density at radius 3 is 2.96 bits per heavy atom. The van der Waals surface area contributed by atoms with Crippen LogP contribution in [0.15, 0.2) is 41.5 Å². The summed E-state index contributed by atoms with van der Waals surface area (Å²) in [5.41, 5.74) is 1.68. The zero-order valence-electron chi connectivity index (χ0n) is 15.3. The zero-order chi connectivity index (χ0) is 18.9. The summed E-state index contributed by atoms with van der Waals surface area (Å²) in [4.78, 5) is 19.7. The van der Waals surface area contributed by atoms with E-state index in [4.69, 9.17) is 9.84 Å². The number of thioether (sulfide) groups is 1. The maximum absolute atomic E-state index is 11.1. The summed E-state index contributed by atoms with van der Waals surface area (Å²) in [5.74, 6) is 0.323. The van der Waals surface area contributed by atoms with Crippen LogP contribution < -0.4 is 10.1 Å². The van der Waals surface area contributed by atoms with Crippen molar-refractivity contribution in [2.45, 2.75) is 32.4 Å². The van der Waals surface area contributed by atoms with Crippen LogP contribution in [0.25, 0.3) is 0 Å². The molecule has 2 unspecified atom stereocenters. The molecule has 2 N–H and O–H groups in total. The first kappa shape index (κ1) is 20.2.